The molecule has 0 aliphatic carbocycles. The van der Waals surface area contributed by atoms with Crippen LogP contribution in [0.15, 0.2) is 77.1 Å². The summed E-state index contributed by atoms with van der Waals surface area (Å²) < 4.78 is 21.9. The van der Waals surface area contributed by atoms with Gasteiger partial charge in [-0.15, -0.1) is 0 Å². The molecule has 41 heavy (non-hydrogen) atoms. The number of benzene rings is 2. The molecule has 9 heteroatoms. The van der Waals surface area contributed by atoms with Gasteiger partial charge in [0.05, 0.1) is 37.9 Å². The van der Waals surface area contributed by atoms with Crippen molar-refractivity contribution >= 4 is 11.9 Å². The number of aliphatic hydroxyl groups excluding tert-OH is 1. The quantitative estimate of drug-likeness (QED) is 0.203. The number of ether oxygens (including phenoxy) is 4. The van der Waals surface area contributed by atoms with Crippen LogP contribution in [0.3, 0.4) is 0 Å². The second-order valence-electron chi connectivity index (χ2n) is 9.90. The Balaban J connectivity index is 1.45. The highest BCUT2D eigenvalue weighted by Crippen LogP contribution is 2.42. The van der Waals surface area contributed by atoms with E-state index < -0.39 is 24.0 Å². The number of aliphatic hydroxyl groups is 1. The van der Waals surface area contributed by atoms with Crippen LogP contribution in [0, 0.1) is 0 Å². The maximum Gasteiger partial charge on any atom is 0.336 e. The molecule has 2 aromatic carbocycles. The summed E-state index contributed by atoms with van der Waals surface area (Å²) in [6.45, 7) is 5.34. The lowest BCUT2D eigenvalue weighted by Gasteiger charge is -2.31. The van der Waals surface area contributed by atoms with Crippen LogP contribution >= 0.6 is 0 Å². The molecule has 0 saturated heterocycles. The van der Waals surface area contributed by atoms with Gasteiger partial charge in [-0.3, -0.25) is 0 Å². The molecule has 3 N–H and O–H groups in total. The molecule has 0 amide bonds. The van der Waals surface area contributed by atoms with Gasteiger partial charge in [-0.25, -0.2) is 9.59 Å². The number of nitrogens with one attached hydrogen (secondary N) is 2. The standard InChI is InChI=1S/C32H42N2O7/c1-22-28(31(36)39-4)30(26-16-10-11-17-27(26)38-3)29(23(2)34-22)32(37)40-19-13-6-5-12-18-33-20-24(35)21-41-25-14-8-7-9-15-25/h7-11,14-17,24,30,33-35H,5-6,12-13,18-21H2,1-4H3. The second kappa shape index (κ2) is 16.4. The van der Waals surface area contributed by atoms with E-state index in [2.05, 4.69) is 10.6 Å². The molecule has 0 fully saturated rings. The number of esters is 2. The number of para-hydroxylation sites is 2. The normalized spacial score (nSPS) is 15.7. The van der Waals surface area contributed by atoms with Crippen molar-refractivity contribution < 1.29 is 33.6 Å². The predicted octanol–water partition coefficient (Wildman–Crippen LogP) is 4.24. The molecule has 0 bridgehead atoms. The van der Waals surface area contributed by atoms with Crippen molar-refractivity contribution in [1.82, 2.24) is 10.6 Å². The summed E-state index contributed by atoms with van der Waals surface area (Å²) in [5, 5.41) is 16.5. The molecule has 2 unspecified atom stereocenters. The number of allylic oxidation sites excluding steroid dienone is 2. The number of carbonyl (C=O) groups excluding carboxylic acids is 2. The fourth-order valence-corrected chi connectivity index (χ4v) is 4.85. The number of hydrogen-bond donors (Lipinski definition) is 3. The van der Waals surface area contributed by atoms with Crippen LogP contribution in [0.4, 0.5) is 0 Å². The maximum atomic E-state index is 13.4. The van der Waals surface area contributed by atoms with E-state index in [4.69, 9.17) is 18.9 Å². The number of unbranched alkanes of at least 4 members (excludes halogenated alkanes) is 3. The molecule has 0 saturated carbocycles. The van der Waals surface area contributed by atoms with Gasteiger partial charge >= 0.3 is 11.9 Å². The molecular weight excluding hydrogens is 524 g/mol. The highest BCUT2D eigenvalue weighted by atomic mass is 16.5. The molecule has 2 aromatic rings. The minimum atomic E-state index is -0.688. The molecule has 1 aliphatic heterocycles. The van der Waals surface area contributed by atoms with Gasteiger partial charge in [0.2, 0.25) is 0 Å². The van der Waals surface area contributed by atoms with Crippen LogP contribution in [0.5, 0.6) is 11.5 Å². The molecule has 1 heterocycles. The van der Waals surface area contributed by atoms with Gasteiger partial charge < -0.3 is 34.7 Å². The summed E-state index contributed by atoms with van der Waals surface area (Å²) >= 11 is 0. The van der Waals surface area contributed by atoms with Crippen LogP contribution in [0.25, 0.3) is 0 Å². The van der Waals surface area contributed by atoms with E-state index in [9.17, 15) is 14.7 Å². The molecule has 0 aromatic heterocycles. The van der Waals surface area contributed by atoms with Crippen molar-refractivity contribution in [2.45, 2.75) is 51.6 Å². The van der Waals surface area contributed by atoms with Gasteiger partial charge in [0, 0.05) is 23.5 Å². The first-order valence-corrected chi connectivity index (χ1v) is 14.0. The number of rotatable bonds is 16. The highest BCUT2D eigenvalue weighted by Gasteiger charge is 2.39. The van der Waals surface area contributed by atoms with Gasteiger partial charge in [0.25, 0.3) is 0 Å². The third kappa shape index (κ3) is 9.09. The second-order valence-corrected chi connectivity index (χ2v) is 9.90. The fourth-order valence-electron chi connectivity index (χ4n) is 4.85. The van der Waals surface area contributed by atoms with E-state index in [0.717, 1.165) is 38.0 Å². The fraction of sp³-hybridized carbons (Fsp3) is 0.438. The van der Waals surface area contributed by atoms with Crippen molar-refractivity contribution in [3.05, 3.63) is 82.7 Å². The van der Waals surface area contributed by atoms with E-state index in [-0.39, 0.29) is 13.2 Å². The monoisotopic (exact) mass is 566 g/mol. The van der Waals surface area contributed by atoms with Crippen LogP contribution in [-0.2, 0) is 19.1 Å². The first-order valence-electron chi connectivity index (χ1n) is 14.0. The summed E-state index contributed by atoms with van der Waals surface area (Å²) in [7, 11) is 2.88. The lowest BCUT2D eigenvalue weighted by molar-refractivity contribution is -0.139. The third-order valence-electron chi connectivity index (χ3n) is 6.88. The molecule has 0 spiro atoms. The average Bonchev–Trinajstić information content (AvgIpc) is 2.98. The van der Waals surface area contributed by atoms with Crippen LogP contribution in [0.1, 0.15) is 51.0 Å². The number of hydrogen-bond acceptors (Lipinski definition) is 9. The van der Waals surface area contributed by atoms with Crippen molar-refractivity contribution in [2.24, 2.45) is 0 Å². The SMILES string of the molecule is COC(=O)C1=C(C)NC(C)=C(C(=O)OCCCCCCNCC(O)COc2ccccc2)C1c1ccccc1OC. The predicted molar refractivity (Wildman–Crippen MR) is 157 cm³/mol. The Bertz CT molecular complexity index is 1210. The van der Waals surface area contributed by atoms with Crippen LogP contribution in [0.2, 0.25) is 0 Å². The van der Waals surface area contributed by atoms with E-state index in [1.807, 2.05) is 48.5 Å². The third-order valence-corrected chi connectivity index (χ3v) is 6.88. The van der Waals surface area contributed by atoms with Crippen molar-refractivity contribution in [3.8, 4) is 11.5 Å². The Kier molecular flexibility index (Phi) is 12.7. The zero-order valence-corrected chi connectivity index (χ0v) is 24.4. The van der Waals surface area contributed by atoms with Gasteiger partial charge in [-0.05, 0) is 51.4 Å². The highest BCUT2D eigenvalue weighted by molar-refractivity contribution is 6.00. The first-order chi connectivity index (χ1) is 19.9. The first kappa shape index (κ1) is 31.7. The van der Waals surface area contributed by atoms with Crippen LogP contribution < -0.4 is 20.1 Å². The molecular formula is C32H42N2O7. The Labute approximate surface area is 242 Å². The molecule has 222 valence electrons. The van der Waals surface area contributed by atoms with Crippen molar-refractivity contribution in [2.75, 3.05) is 40.5 Å². The maximum absolute atomic E-state index is 13.4. The Morgan fingerprint density at radius 1 is 0.902 bits per heavy atom. The minimum Gasteiger partial charge on any atom is -0.496 e. The van der Waals surface area contributed by atoms with Crippen molar-refractivity contribution in [3.63, 3.8) is 0 Å². The van der Waals surface area contributed by atoms with E-state index in [1.165, 1.54) is 7.11 Å². The van der Waals surface area contributed by atoms with Gasteiger partial charge in [0.1, 0.15) is 24.2 Å². The Hall–Kier alpha value is -3.82. The van der Waals surface area contributed by atoms with Crippen molar-refractivity contribution in [1.29, 1.82) is 0 Å². The lowest BCUT2D eigenvalue weighted by Crippen LogP contribution is -2.32. The minimum absolute atomic E-state index is 0.238. The molecule has 0 radical (unpaired) electrons. The largest absolute Gasteiger partial charge is 0.496 e. The summed E-state index contributed by atoms with van der Waals surface area (Å²) in [6, 6.07) is 16.7. The topological polar surface area (TPSA) is 115 Å². The van der Waals surface area contributed by atoms with Gasteiger partial charge in [-0.1, -0.05) is 49.2 Å². The smallest absolute Gasteiger partial charge is 0.336 e. The van der Waals surface area contributed by atoms with E-state index in [1.54, 1.807) is 27.0 Å². The molecule has 2 atom stereocenters. The number of methoxy groups -OCH3 is 2. The molecule has 1 aliphatic rings. The summed E-state index contributed by atoms with van der Waals surface area (Å²) in [4.78, 5) is 26.2. The Morgan fingerprint density at radius 3 is 2.27 bits per heavy atom. The van der Waals surface area contributed by atoms with Gasteiger partial charge in [0.15, 0.2) is 0 Å². The van der Waals surface area contributed by atoms with E-state index >= 15 is 0 Å². The molecule has 3 rings (SSSR count). The summed E-state index contributed by atoms with van der Waals surface area (Å²) in [5.41, 5.74) is 2.63. The average molecular weight is 567 g/mol. The Morgan fingerprint density at radius 2 is 1.56 bits per heavy atom. The zero-order valence-electron chi connectivity index (χ0n) is 24.4. The van der Waals surface area contributed by atoms with Crippen LogP contribution in [-0.4, -0.2) is 63.7 Å². The number of dihydropyridines is 1. The van der Waals surface area contributed by atoms with Gasteiger partial charge in [-0.2, -0.15) is 0 Å². The lowest BCUT2D eigenvalue weighted by atomic mass is 9.80. The van der Waals surface area contributed by atoms with E-state index in [0.29, 0.717) is 40.4 Å². The zero-order chi connectivity index (χ0) is 29.6. The number of carbonyl (C=O) groups is 2. The summed E-state index contributed by atoms with van der Waals surface area (Å²) in [5.74, 6) is -0.380. The summed E-state index contributed by atoms with van der Waals surface area (Å²) in [6.07, 6.45) is 2.93. The molecule has 9 nitrogen and oxygen atoms in total.